The second-order valence-corrected chi connectivity index (χ2v) is 7.57. The minimum Gasteiger partial charge on any atom is -0.326 e. The highest BCUT2D eigenvalue weighted by molar-refractivity contribution is 7.99. The van der Waals surface area contributed by atoms with Crippen LogP contribution in [-0.4, -0.2) is 10.7 Å². The highest BCUT2D eigenvalue weighted by Gasteiger charge is 2.12. The van der Waals surface area contributed by atoms with Crippen LogP contribution in [-0.2, 0) is 13.0 Å². The van der Waals surface area contributed by atoms with E-state index in [9.17, 15) is 0 Å². The van der Waals surface area contributed by atoms with Crippen molar-refractivity contribution in [1.82, 2.24) is 4.98 Å². The molecule has 1 heterocycles. The van der Waals surface area contributed by atoms with E-state index in [1.54, 1.807) is 11.3 Å². The van der Waals surface area contributed by atoms with Crippen molar-refractivity contribution in [2.75, 3.05) is 5.75 Å². The van der Waals surface area contributed by atoms with Gasteiger partial charge in [-0.05, 0) is 30.2 Å². The van der Waals surface area contributed by atoms with Crippen molar-refractivity contribution in [2.45, 2.75) is 38.6 Å². The lowest BCUT2D eigenvalue weighted by molar-refractivity contribution is 0.634. The van der Waals surface area contributed by atoms with Gasteiger partial charge in [0, 0.05) is 21.9 Å². The first kappa shape index (κ1) is 15.5. The van der Waals surface area contributed by atoms with Gasteiger partial charge in [-0.3, -0.25) is 0 Å². The first-order valence-corrected chi connectivity index (χ1v) is 8.86. The Balaban J connectivity index is 2.25. The van der Waals surface area contributed by atoms with Crippen LogP contribution in [0.3, 0.4) is 0 Å². The van der Waals surface area contributed by atoms with Crippen LogP contribution >= 0.6 is 23.1 Å². The molecule has 1 aromatic heterocycles. The number of rotatable bonds is 6. The Morgan fingerprint density at radius 2 is 1.95 bits per heavy atom. The van der Waals surface area contributed by atoms with Crippen molar-refractivity contribution in [3.8, 4) is 10.6 Å². The molecule has 2 rings (SSSR count). The number of thiazole rings is 1. The predicted molar refractivity (Wildman–Crippen MR) is 90.4 cm³/mol. The van der Waals surface area contributed by atoms with E-state index in [0.717, 1.165) is 17.2 Å². The van der Waals surface area contributed by atoms with Gasteiger partial charge in [-0.1, -0.05) is 32.9 Å². The Kier molecular flexibility index (Phi) is 5.64. The lowest BCUT2D eigenvalue weighted by atomic mass is 10.1. The fourth-order valence-corrected chi connectivity index (χ4v) is 3.71. The first-order valence-electron chi connectivity index (χ1n) is 7.06. The molecule has 0 bridgehead atoms. The molecular formula is C16H22N2S2. The molecule has 0 aliphatic carbocycles. The fraction of sp³-hybridized carbons (Fsp3) is 0.438. The van der Waals surface area contributed by atoms with Crippen molar-refractivity contribution in [3.63, 3.8) is 0 Å². The molecule has 0 aliphatic rings. The van der Waals surface area contributed by atoms with Gasteiger partial charge in [0.15, 0.2) is 0 Å². The van der Waals surface area contributed by atoms with E-state index in [-0.39, 0.29) is 0 Å². The van der Waals surface area contributed by atoms with Crippen LogP contribution < -0.4 is 5.73 Å². The topological polar surface area (TPSA) is 38.9 Å². The molecule has 0 saturated heterocycles. The van der Waals surface area contributed by atoms with Gasteiger partial charge in [0.05, 0.1) is 5.69 Å². The number of thioether (sulfide) groups is 1. The molecular weight excluding hydrogens is 284 g/mol. The number of nitrogens with zero attached hydrogens (tertiary/aromatic N) is 1. The second-order valence-electron chi connectivity index (χ2n) is 5.15. The normalized spacial score (nSPS) is 11.2. The number of benzene rings is 1. The molecule has 2 N–H and O–H groups in total. The summed E-state index contributed by atoms with van der Waals surface area (Å²) >= 11 is 3.59. The molecule has 0 radical (unpaired) electrons. The average molecular weight is 306 g/mol. The van der Waals surface area contributed by atoms with E-state index < -0.39 is 0 Å². The summed E-state index contributed by atoms with van der Waals surface area (Å²) in [5, 5.41) is 1.09. The third-order valence-electron chi connectivity index (χ3n) is 2.98. The quantitative estimate of drug-likeness (QED) is 0.794. The summed E-state index contributed by atoms with van der Waals surface area (Å²) in [6.45, 7) is 7.20. The van der Waals surface area contributed by atoms with E-state index in [1.807, 2.05) is 11.8 Å². The molecule has 0 unspecified atom stereocenters. The minimum absolute atomic E-state index is 0.587. The maximum Gasteiger partial charge on any atom is 0.123 e. The van der Waals surface area contributed by atoms with Crippen molar-refractivity contribution in [3.05, 3.63) is 34.8 Å². The van der Waals surface area contributed by atoms with E-state index in [2.05, 4.69) is 45.0 Å². The maximum atomic E-state index is 5.85. The zero-order valence-electron chi connectivity index (χ0n) is 12.3. The van der Waals surface area contributed by atoms with Gasteiger partial charge >= 0.3 is 0 Å². The number of aromatic nitrogens is 1. The molecule has 0 fully saturated rings. The number of hydrogen-bond acceptors (Lipinski definition) is 4. The van der Waals surface area contributed by atoms with E-state index in [0.29, 0.717) is 12.5 Å². The number of nitrogens with two attached hydrogens (primary N) is 1. The first-order chi connectivity index (χ1) is 9.63. The highest BCUT2D eigenvalue weighted by atomic mass is 32.2. The monoisotopic (exact) mass is 306 g/mol. The van der Waals surface area contributed by atoms with Crippen LogP contribution in [0.25, 0.3) is 10.6 Å². The van der Waals surface area contributed by atoms with Crippen molar-refractivity contribution < 1.29 is 0 Å². The van der Waals surface area contributed by atoms with Gasteiger partial charge in [-0.15, -0.1) is 23.1 Å². The van der Waals surface area contributed by atoms with Crippen molar-refractivity contribution in [1.29, 1.82) is 0 Å². The molecule has 0 aliphatic heterocycles. The summed E-state index contributed by atoms with van der Waals surface area (Å²) in [6.07, 6.45) is 1.01. The van der Waals surface area contributed by atoms with E-state index in [4.69, 9.17) is 10.7 Å². The van der Waals surface area contributed by atoms with Crippen LogP contribution in [0.5, 0.6) is 0 Å². The smallest absolute Gasteiger partial charge is 0.123 e. The maximum absolute atomic E-state index is 5.85. The predicted octanol–water partition coefficient (Wildman–Crippen LogP) is 4.58. The standard InChI is InChI=1S/C16H22N2S2/c1-4-19-13-7-5-12(6-8-13)16-18-14(9-11(2)3)15(10-17)20-16/h5-8,11H,4,9-10,17H2,1-3H3. The summed E-state index contributed by atoms with van der Waals surface area (Å²) in [5.74, 6) is 1.71. The SMILES string of the molecule is CCSc1ccc(-c2nc(CC(C)C)c(CN)s2)cc1. The lowest BCUT2D eigenvalue weighted by Crippen LogP contribution is -2.01. The molecule has 4 heteroatoms. The minimum atomic E-state index is 0.587. The van der Waals surface area contributed by atoms with E-state index >= 15 is 0 Å². The van der Waals surface area contributed by atoms with Gasteiger partial charge in [0.2, 0.25) is 0 Å². The lowest BCUT2D eigenvalue weighted by Gasteiger charge is -2.02. The molecule has 108 valence electrons. The second kappa shape index (κ2) is 7.25. The Morgan fingerprint density at radius 3 is 2.50 bits per heavy atom. The molecule has 0 spiro atoms. The third-order valence-corrected chi connectivity index (χ3v) is 5.04. The third kappa shape index (κ3) is 3.84. The van der Waals surface area contributed by atoms with Crippen LogP contribution in [0.15, 0.2) is 29.2 Å². The van der Waals surface area contributed by atoms with Crippen LogP contribution in [0.2, 0.25) is 0 Å². The van der Waals surface area contributed by atoms with E-state index in [1.165, 1.54) is 21.0 Å². The van der Waals surface area contributed by atoms with Gasteiger partial charge in [0.25, 0.3) is 0 Å². The van der Waals surface area contributed by atoms with Gasteiger partial charge in [-0.2, -0.15) is 0 Å². The largest absolute Gasteiger partial charge is 0.326 e. The zero-order valence-corrected chi connectivity index (χ0v) is 14.0. The molecule has 0 amide bonds. The Bertz CT molecular complexity index is 544. The van der Waals surface area contributed by atoms with Crippen LogP contribution in [0.1, 0.15) is 31.3 Å². The van der Waals surface area contributed by atoms with Gasteiger partial charge in [0.1, 0.15) is 5.01 Å². The molecule has 1 aromatic carbocycles. The summed E-state index contributed by atoms with van der Waals surface area (Å²) in [6, 6.07) is 8.68. The summed E-state index contributed by atoms with van der Waals surface area (Å²) in [7, 11) is 0. The van der Waals surface area contributed by atoms with Gasteiger partial charge in [-0.25, -0.2) is 4.98 Å². The molecule has 20 heavy (non-hydrogen) atoms. The Hall–Kier alpha value is -0.840. The summed E-state index contributed by atoms with van der Waals surface area (Å²) in [5.41, 5.74) is 8.22. The Morgan fingerprint density at radius 1 is 1.25 bits per heavy atom. The zero-order chi connectivity index (χ0) is 14.5. The van der Waals surface area contributed by atoms with Crippen molar-refractivity contribution in [2.24, 2.45) is 11.7 Å². The molecule has 2 aromatic rings. The van der Waals surface area contributed by atoms with Crippen LogP contribution in [0, 0.1) is 5.92 Å². The molecule has 2 nitrogen and oxygen atoms in total. The molecule has 0 atom stereocenters. The van der Waals surface area contributed by atoms with Crippen molar-refractivity contribution >= 4 is 23.1 Å². The van der Waals surface area contributed by atoms with Gasteiger partial charge < -0.3 is 5.73 Å². The summed E-state index contributed by atoms with van der Waals surface area (Å²) < 4.78 is 0. The number of hydrogen-bond donors (Lipinski definition) is 1. The molecule has 0 saturated carbocycles. The Labute approximate surface area is 129 Å². The highest BCUT2D eigenvalue weighted by Crippen LogP contribution is 2.30. The average Bonchev–Trinajstić information content (AvgIpc) is 2.82. The summed E-state index contributed by atoms with van der Waals surface area (Å²) in [4.78, 5) is 7.34. The fourth-order valence-electron chi connectivity index (χ4n) is 2.07. The van der Waals surface area contributed by atoms with Crippen LogP contribution in [0.4, 0.5) is 0 Å².